The summed E-state index contributed by atoms with van der Waals surface area (Å²) < 4.78 is 0. The minimum Gasteiger partial charge on any atom is -0.326 e. The number of hydrogen-bond acceptors (Lipinski definition) is 2. The molecular weight excluding hydrogens is 288 g/mol. The van der Waals surface area contributed by atoms with Crippen LogP contribution < -0.4 is 10.2 Å². The summed E-state index contributed by atoms with van der Waals surface area (Å²) in [6.45, 7) is 0.840. The average molecular weight is 312 g/mol. The molecule has 2 heterocycles. The lowest BCUT2D eigenvalue weighted by Crippen LogP contribution is -2.39. The Kier molecular flexibility index (Phi) is 3.83. The Hall–Kier alpha value is -1.84. The molecule has 4 heteroatoms. The van der Waals surface area contributed by atoms with Gasteiger partial charge in [0.25, 0.3) is 0 Å². The van der Waals surface area contributed by atoms with Gasteiger partial charge in [0.15, 0.2) is 0 Å². The van der Waals surface area contributed by atoms with Crippen LogP contribution in [0.25, 0.3) is 0 Å². The van der Waals surface area contributed by atoms with Crippen LogP contribution in [0.1, 0.15) is 56.1 Å². The third kappa shape index (κ3) is 2.75. The van der Waals surface area contributed by atoms with E-state index in [1.807, 2.05) is 4.90 Å². The number of carbonyl (C=O) groups is 2. The quantitative estimate of drug-likeness (QED) is 0.909. The fourth-order valence-electron chi connectivity index (χ4n) is 4.33. The van der Waals surface area contributed by atoms with Gasteiger partial charge in [-0.1, -0.05) is 19.3 Å². The summed E-state index contributed by atoms with van der Waals surface area (Å²) in [6.07, 6.45) is 9.04. The second-order valence-electron chi connectivity index (χ2n) is 7.12. The number of carbonyl (C=O) groups excluding carboxylic acids is 2. The van der Waals surface area contributed by atoms with Gasteiger partial charge in [-0.05, 0) is 55.4 Å². The summed E-state index contributed by atoms with van der Waals surface area (Å²) >= 11 is 0. The van der Waals surface area contributed by atoms with Gasteiger partial charge in [0.2, 0.25) is 11.8 Å². The summed E-state index contributed by atoms with van der Waals surface area (Å²) in [6, 6.07) is 4.18. The molecule has 2 amide bonds. The number of rotatable bonds is 2. The highest BCUT2D eigenvalue weighted by Crippen LogP contribution is 2.38. The van der Waals surface area contributed by atoms with Crippen LogP contribution in [0.2, 0.25) is 0 Å². The summed E-state index contributed by atoms with van der Waals surface area (Å²) in [5.74, 6) is 0.600. The van der Waals surface area contributed by atoms with Crippen molar-refractivity contribution in [3.8, 4) is 0 Å². The number of nitrogens with one attached hydrogen (secondary N) is 1. The largest absolute Gasteiger partial charge is 0.326 e. The second kappa shape index (κ2) is 5.99. The van der Waals surface area contributed by atoms with Gasteiger partial charge < -0.3 is 10.2 Å². The minimum absolute atomic E-state index is 0.175. The molecule has 122 valence electrons. The van der Waals surface area contributed by atoms with Crippen molar-refractivity contribution >= 4 is 23.2 Å². The number of aryl methyl sites for hydroxylation is 2. The molecule has 1 fully saturated rings. The van der Waals surface area contributed by atoms with E-state index in [2.05, 4.69) is 17.4 Å². The standard InChI is InChI=1S/C19H24N2O2/c22-17-9-8-15-12-16(11-14-7-4-10-21(17)18(14)15)20-19(23)13-5-2-1-3-6-13/h11-13H,1-10H2,(H,20,23). The monoisotopic (exact) mass is 312 g/mol. The van der Waals surface area contributed by atoms with Gasteiger partial charge in [0, 0.05) is 24.6 Å². The highest BCUT2D eigenvalue weighted by Gasteiger charge is 2.30. The SMILES string of the molecule is O=C(Nc1cc2c3c(c1)CCC(=O)N3CCC2)C1CCCCC1. The van der Waals surface area contributed by atoms with E-state index in [9.17, 15) is 9.59 Å². The van der Waals surface area contributed by atoms with Gasteiger partial charge >= 0.3 is 0 Å². The van der Waals surface area contributed by atoms with Crippen LogP contribution in [0.3, 0.4) is 0 Å². The number of anilines is 2. The van der Waals surface area contributed by atoms with E-state index in [0.29, 0.717) is 6.42 Å². The normalized spacial score (nSPS) is 21.0. The zero-order chi connectivity index (χ0) is 15.8. The maximum atomic E-state index is 12.5. The van der Waals surface area contributed by atoms with Crippen LogP contribution in [0.4, 0.5) is 11.4 Å². The van der Waals surface area contributed by atoms with Crippen LogP contribution in [0.5, 0.6) is 0 Å². The van der Waals surface area contributed by atoms with Crippen molar-refractivity contribution in [2.45, 2.75) is 57.8 Å². The predicted octanol–water partition coefficient (Wildman–Crippen LogP) is 3.43. The fourth-order valence-corrected chi connectivity index (χ4v) is 4.33. The number of benzene rings is 1. The first-order chi connectivity index (χ1) is 11.2. The topological polar surface area (TPSA) is 49.4 Å². The van der Waals surface area contributed by atoms with E-state index in [1.54, 1.807) is 0 Å². The number of amides is 2. The van der Waals surface area contributed by atoms with Crippen LogP contribution >= 0.6 is 0 Å². The predicted molar refractivity (Wildman–Crippen MR) is 90.6 cm³/mol. The maximum Gasteiger partial charge on any atom is 0.227 e. The molecule has 1 aromatic carbocycles. The van der Waals surface area contributed by atoms with Crippen LogP contribution in [-0.4, -0.2) is 18.4 Å². The van der Waals surface area contributed by atoms with E-state index in [0.717, 1.165) is 50.0 Å². The smallest absolute Gasteiger partial charge is 0.227 e. The molecular formula is C19H24N2O2. The molecule has 3 aliphatic rings. The lowest BCUT2D eigenvalue weighted by molar-refractivity contribution is -0.121. The van der Waals surface area contributed by atoms with Gasteiger partial charge in [-0.2, -0.15) is 0 Å². The molecule has 0 radical (unpaired) electrons. The third-order valence-corrected chi connectivity index (χ3v) is 5.52. The molecule has 0 saturated heterocycles. The molecule has 0 spiro atoms. The highest BCUT2D eigenvalue weighted by atomic mass is 16.2. The third-order valence-electron chi connectivity index (χ3n) is 5.52. The fraction of sp³-hybridized carbons (Fsp3) is 0.579. The van der Waals surface area contributed by atoms with E-state index < -0.39 is 0 Å². The van der Waals surface area contributed by atoms with Crippen LogP contribution in [-0.2, 0) is 22.4 Å². The molecule has 4 nitrogen and oxygen atoms in total. The first-order valence-electron chi connectivity index (χ1n) is 8.99. The van der Waals surface area contributed by atoms with Crippen molar-refractivity contribution in [2.24, 2.45) is 5.92 Å². The summed E-state index contributed by atoms with van der Waals surface area (Å²) in [4.78, 5) is 26.5. The van der Waals surface area contributed by atoms with Crippen molar-refractivity contribution in [1.29, 1.82) is 0 Å². The Balaban J connectivity index is 1.59. The van der Waals surface area contributed by atoms with Crippen molar-refractivity contribution in [1.82, 2.24) is 0 Å². The number of nitrogens with zero attached hydrogens (tertiary/aromatic N) is 1. The summed E-state index contributed by atoms with van der Waals surface area (Å²) in [5, 5.41) is 3.14. The second-order valence-corrected chi connectivity index (χ2v) is 7.12. The molecule has 2 aliphatic heterocycles. The lowest BCUT2D eigenvalue weighted by Gasteiger charge is -2.35. The Labute approximate surface area is 137 Å². The van der Waals surface area contributed by atoms with Crippen LogP contribution in [0.15, 0.2) is 12.1 Å². The summed E-state index contributed by atoms with van der Waals surface area (Å²) in [7, 11) is 0. The maximum absolute atomic E-state index is 12.5. The molecule has 1 aromatic rings. The highest BCUT2D eigenvalue weighted by molar-refractivity contribution is 5.99. The van der Waals surface area contributed by atoms with E-state index in [1.165, 1.54) is 30.4 Å². The lowest BCUT2D eigenvalue weighted by atomic mass is 9.88. The average Bonchev–Trinajstić information content (AvgIpc) is 2.59. The van der Waals surface area contributed by atoms with Crippen LogP contribution in [0, 0.1) is 5.92 Å². The van der Waals surface area contributed by atoms with Crippen molar-refractivity contribution in [2.75, 3.05) is 16.8 Å². The Morgan fingerprint density at radius 1 is 1.00 bits per heavy atom. The first-order valence-corrected chi connectivity index (χ1v) is 8.99. The molecule has 1 saturated carbocycles. The first kappa shape index (κ1) is 14.7. The van der Waals surface area contributed by atoms with Gasteiger partial charge in [-0.3, -0.25) is 9.59 Å². The van der Waals surface area contributed by atoms with Gasteiger partial charge in [-0.15, -0.1) is 0 Å². The molecule has 1 N–H and O–H groups in total. The Morgan fingerprint density at radius 3 is 2.52 bits per heavy atom. The van der Waals surface area contributed by atoms with Crippen molar-refractivity contribution < 1.29 is 9.59 Å². The molecule has 0 aromatic heterocycles. The van der Waals surface area contributed by atoms with Gasteiger partial charge in [-0.25, -0.2) is 0 Å². The molecule has 4 rings (SSSR count). The molecule has 0 atom stereocenters. The van der Waals surface area contributed by atoms with Gasteiger partial charge in [0.1, 0.15) is 0 Å². The van der Waals surface area contributed by atoms with E-state index >= 15 is 0 Å². The van der Waals surface area contributed by atoms with E-state index in [-0.39, 0.29) is 17.7 Å². The van der Waals surface area contributed by atoms with Crippen molar-refractivity contribution in [3.63, 3.8) is 0 Å². The molecule has 1 aliphatic carbocycles. The zero-order valence-corrected chi connectivity index (χ0v) is 13.6. The zero-order valence-electron chi connectivity index (χ0n) is 13.6. The Bertz CT molecular complexity index is 630. The van der Waals surface area contributed by atoms with Gasteiger partial charge in [0.05, 0.1) is 5.69 Å². The minimum atomic E-state index is 0.175. The van der Waals surface area contributed by atoms with E-state index in [4.69, 9.17) is 0 Å². The number of hydrogen-bond donors (Lipinski definition) is 1. The van der Waals surface area contributed by atoms with Crippen molar-refractivity contribution in [3.05, 3.63) is 23.3 Å². The molecule has 23 heavy (non-hydrogen) atoms. The molecule has 0 bridgehead atoms. The summed E-state index contributed by atoms with van der Waals surface area (Å²) in [5.41, 5.74) is 4.50. The molecule has 0 unspecified atom stereocenters. The Morgan fingerprint density at radius 2 is 1.74 bits per heavy atom.